The minimum Gasteiger partial charge on any atom is -0.545 e. The summed E-state index contributed by atoms with van der Waals surface area (Å²) in [7, 11) is 5.88. The zero-order chi connectivity index (χ0) is 42.6. The van der Waals surface area contributed by atoms with Crippen LogP contribution in [0.2, 0.25) is 0 Å². The van der Waals surface area contributed by atoms with E-state index in [2.05, 4.69) is 31.2 Å². The van der Waals surface area contributed by atoms with Crippen molar-refractivity contribution in [1.29, 1.82) is 0 Å². The molecule has 0 aliphatic rings. The molecule has 8 heteroatoms. The van der Waals surface area contributed by atoms with Crippen LogP contribution in [0.15, 0.2) is 24.3 Å². The number of carboxylic acids is 1. The number of rotatable bonds is 46. The number of nitrogens with zero attached hydrogens (tertiary/aromatic N) is 1. The van der Waals surface area contributed by atoms with E-state index in [1.165, 1.54) is 186 Å². The monoisotopic (exact) mass is 822 g/mol. The first-order valence-corrected chi connectivity index (χ1v) is 24.5. The van der Waals surface area contributed by atoms with E-state index >= 15 is 0 Å². The molecule has 0 aliphatic carbocycles. The second-order valence-corrected chi connectivity index (χ2v) is 18.0. The lowest BCUT2D eigenvalue weighted by Gasteiger charge is -2.26. The highest BCUT2D eigenvalue weighted by Gasteiger charge is 2.17. The van der Waals surface area contributed by atoms with E-state index in [0.717, 1.165) is 25.7 Å². The average Bonchev–Trinajstić information content (AvgIpc) is 3.19. The van der Waals surface area contributed by atoms with Crippen LogP contribution in [0.4, 0.5) is 0 Å². The van der Waals surface area contributed by atoms with Gasteiger partial charge in [0.25, 0.3) is 0 Å². The van der Waals surface area contributed by atoms with Crippen molar-refractivity contribution in [3.63, 3.8) is 0 Å². The number of hydrogen-bond acceptors (Lipinski definition) is 7. The summed E-state index contributed by atoms with van der Waals surface area (Å²) in [6.45, 7) is 2.47. The number of allylic oxidation sites excluding steroid dienone is 4. The van der Waals surface area contributed by atoms with Crippen molar-refractivity contribution < 1.29 is 38.5 Å². The Labute approximate surface area is 358 Å². The molecule has 8 nitrogen and oxygen atoms in total. The molecule has 0 saturated heterocycles. The number of carbonyl (C=O) groups is 2. The number of quaternary nitrogens is 1. The molecule has 0 bridgehead atoms. The molecule has 1 N–H and O–H groups in total. The second kappa shape index (κ2) is 43.4. The molecule has 0 radical (unpaired) electrons. The predicted octanol–water partition coefficient (Wildman–Crippen LogP) is 12.1. The van der Waals surface area contributed by atoms with Crippen LogP contribution in [0.3, 0.4) is 0 Å². The number of unbranched alkanes of at least 4 members (excludes halogenated alkanes) is 30. The molecule has 0 fully saturated rings. The molecule has 0 heterocycles. The smallest absolute Gasteiger partial charge is 0.305 e. The fourth-order valence-electron chi connectivity index (χ4n) is 7.10. The van der Waals surface area contributed by atoms with E-state index in [0.29, 0.717) is 17.4 Å². The van der Waals surface area contributed by atoms with Crippen LogP contribution in [-0.4, -0.2) is 81.4 Å². The molecule has 0 aliphatic heterocycles. The summed E-state index contributed by atoms with van der Waals surface area (Å²) in [6, 6.07) is 0. The molecule has 0 aromatic carbocycles. The minimum absolute atomic E-state index is 0.172. The van der Waals surface area contributed by atoms with E-state index in [9.17, 15) is 19.8 Å². The fourth-order valence-corrected chi connectivity index (χ4v) is 7.10. The van der Waals surface area contributed by atoms with Crippen molar-refractivity contribution in [3.8, 4) is 0 Å². The molecule has 2 atom stereocenters. The molecule has 0 spiro atoms. The lowest BCUT2D eigenvalue weighted by atomic mass is 10.0. The van der Waals surface area contributed by atoms with Gasteiger partial charge in [-0.1, -0.05) is 205 Å². The Balaban J connectivity index is 3.34. The predicted molar refractivity (Wildman–Crippen MR) is 241 cm³/mol. The van der Waals surface area contributed by atoms with Crippen molar-refractivity contribution in [2.45, 2.75) is 238 Å². The SMILES string of the molecule is CCCCCCC/C=C\C/C=C\CCCCCCCCCCCCCCCCCCCCCCCCCCCC(=O)OCC(O)COC(OCC[N+](C)(C)C)C(=O)[O-]. The summed E-state index contributed by atoms with van der Waals surface area (Å²) in [5.74, 6) is -1.86. The Hall–Kier alpha value is -1.74. The summed E-state index contributed by atoms with van der Waals surface area (Å²) in [4.78, 5) is 23.2. The first-order chi connectivity index (χ1) is 28.2. The van der Waals surface area contributed by atoms with Crippen LogP contribution in [-0.2, 0) is 23.8 Å². The molecular weight excluding hydrogens is 727 g/mol. The number of carboxylic acid groups (broad SMARTS) is 1. The number of aliphatic carboxylic acids is 1. The molecule has 342 valence electrons. The van der Waals surface area contributed by atoms with Gasteiger partial charge in [-0.15, -0.1) is 0 Å². The first kappa shape index (κ1) is 56.3. The number of carbonyl (C=O) groups excluding carboxylic acids is 2. The van der Waals surface area contributed by atoms with Gasteiger partial charge in [-0.2, -0.15) is 0 Å². The summed E-state index contributed by atoms with van der Waals surface area (Å²) < 4.78 is 16.0. The first-order valence-electron chi connectivity index (χ1n) is 24.5. The maximum atomic E-state index is 12.0. The van der Waals surface area contributed by atoms with Gasteiger partial charge in [0, 0.05) is 6.42 Å². The largest absolute Gasteiger partial charge is 0.545 e. The van der Waals surface area contributed by atoms with Crippen LogP contribution in [0.1, 0.15) is 225 Å². The van der Waals surface area contributed by atoms with Gasteiger partial charge < -0.3 is 33.7 Å². The van der Waals surface area contributed by atoms with E-state index in [4.69, 9.17) is 14.2 Å². The number of likely N-dealkylation sites (N-methyl/N-ethyl adjacent to an activating group) is 1. The minimum atomic E-state index is -1.57. The van der Waals surface area contributed by atoms with Gasteiger partial charge in [-0.05, 0) is 38.5 Å². The Bertz CT molecular complexity index is 947. The van der Waals surface area contributed by atoms with Gasteiger partial charge in [0.2, 0.25) is 0 Å². The van der Waals surface area contributed by atoms with Crippen molar-refractivity contribution in [1.82, 2.24) is 0 Å². The third-order valence-electron chi connectivity index (χ3n) is 10.9. The highest BCUT2D eigenvalue weighted by molar-refractivity contribution is 5.69. The Kier molecular flexibility index (Phi) is 42.1. The summed E-state index contributed by atoms with van der Waals surface area (Å²) in [6.07, 6.45) is 51.0. The topological polar surface area (TPSA) is 105 Å². The van der Waals surface area contributed by atoms with Gasteiger partial charge in [-0.25, -0.2) is 0 Å². The molecule has 0 amide bonds. The Morgan fingerprint density at radius 1 is 0.534 bits per heavy atom. The van der Waals surface area contributed by atoms with Crippen LogP contribution >= 0.6 is 0 Å². The van der Waals surface area contributed by atoms with Crippen LogP contribution < -0.4 is 5.11 Å². The Morgan fingerprint density at radius 3 is 1.29 bits per heavy atom. The van der Waals surface area contributed by atoms with Crippen LogP contribution in [0.5, 0.6) is 0 Å². The van der Waals surface area contributed by atoms with E-state index in [1.54, 1.807) is 0 Å². The lowest BCUT2D eigenvalue weighted by molar-refractivity contribution is -0.870. The quantitative estimate of drug-likeness (QED) is 0.0214. The standard InChI is InChI=1S/C50H95NO7/c1-5-6-7-8-9-10-11-12-13-14-15-16-17-18-19-20-21-22-23-24-25-26-27-28-29-30-31-32-33-34-35-36-37-38-39-40-41-42-48(53)57-45-47(52)46-58-50(49(54)55)56-44-43-51(2,3)4/h11-12,14-15,47,50,52H,5-10,13,16-46H2,1-4H3/b12-11-,15-14-. The van der Waals surface area contributed by atoms with Gasteiger partial charge in [0.05, 0.1) is 40.3 Å². The maximum absolute atomic E-state index is 12.0. The summed E-state index contributed by atoms with van der Waals surface area (Å²) in [5.41, 5.74) is 0. The average molecular weight is 822 g/mol. The maximum Gasteiger partial charge on any atom is 0.305 e. The summed E-state index contributed by atoms with van der Waals surface area (Å²) in [5, 5.41) is 21.2. The number of aliphatic hydroxyl groups is 1. The number of aliphatic hydroxyl groups excluding tert-OH is 1. The molecule has 0 aromatic rings. The molecular formula is C50H95NO7. The molecule has 2 unspecified atom stereocenters. The number of ether oxygens (including phenoxy) is 3. The summed E-state index contributed by atoms with van der Waals surface area (Å²) >= 11 is 0. The third-order valence-corrected chi connectivity index (χ3v) is 10.9. The van der Waals surface area contributed by atoms with Crippen molar-refractivity contribution in [3.05, 3.63) is 24.3 Å². The van der Waals surface area contributed by atoms with E-state index in [1.807, 2.05) is 21.1 Å². The number of hydrogen-bond donors (Lipinski definition) is 1. The van der Waals surface area contributed by atoms with Gasteiger partial charge in [0.15, 0.2) is 6.29 Å². The normalized spacial score (nSPS) is 13.2. The highest BCUT2D eigenvalue weighted by atomic mass is 16.7. The van der Waals surface area contributed by atoms with Crippen molar-refractivity contribution in [2.75, 3.05) is 47.5 Å². The number of esters is 1. The third kappa shape index (κ3) is 45.3. The molecule has 0 rings (SSSR count). The molecule has 0 aromatic heterocycles. The van der Waals surface area contributed by atoms with Crippen LogP contribution in [0.25, 0.3) is 0 Å². The second-order valence-electron chi connectivity index (χ2n) is 18.0. The van der Waals surface area contributed by atoms with E-state index < -0.39 is 18.4 Å². The molecule has 58 heavy (non-hydrogen) atoms. The van der Waals surface area contributed by atoms with Gasteiger partial charge >= 0.3 is 5.97 Å². The van der Waals surface area contributed by atoms with Gasteiger partial charge in [-0.3, -0.25) is 4.79 Å². The van der Waals surface area contributed by atoms with Crippen molar-refractivity contribution >= 4 is 11.9 Å². The zero-order valence-electron chi connectivity index (χ0n) is 38.7. The highest BCUT2D eigenvalue weighted by Crippen LogP contribution is 2.16. The lowest BCUT2D eigenvalue weighted by Crippen LogP contribution is -2.44. The zero-order valence-corrected chi connectivity index (χ0v) is 38.7. The van der Waals surface area contributed by atoms with Crippen molar-refractivity contribution in [2.24, 2.45) is 0 Å². The van der Waals surface area contributed by atoms with Crippen LogP contribution in [0, 0.1) is 0 Å². The fraction of sp³-hybridized carbons (Fsp3) is 0.880. The Morgan fingerprint density at radius 2 is 0.914 bits per heavy atom. The van der Waals surface area contributed by atoms with E-state index in [-0.39, 0.29) is 25.8 Å². The van der Waals surface area contributed by atoms with Gasteiger partial charge in [0.1, 0.15) is 19.3 Å². The molecule has 0 saturated carbocycles.